The fraction of sp³-hybridized carbons (Fsp3) is 0.294. The van der Waals surface area contributed by atoms with Gasteiger partial charge in [0.25, 0.3) is 0 Å². The Hall–Kier alpha value is -2.36. The minimum absolute atomic E-state index is 0.560. The molecule has 0 spiro atoms. The molecule has 4 nitrogen and oxygen atoms in total. The molecule has 0 radical (unpaired) electrons. The minimum Gasteiger partial charge on any atom is -0.496 e. The van der Waals surface area contributed by atoms with Crippen molar-refractivity contribution in [3.63, 3.8) is 0 Å². The van der Waals surface area contributed by atoms with Gasteiger partial charge in [-0.25, -0.2) is 0 Å². The van der Waals surface area contributed by atoms with Crippen LogP contribution in [0.25, 0.3) is 0 Å². The molecule has 0 aliphatic carbocycles. The van der Waals surface area contributed by atoms with Gasteiger partial charge in [-0.2, -0.15) is 0 Å². The third kappa shape index (κ3) is 4.31. The standard InChI is InChI=1S/C17H21NO3/c1-13-6-4-5-7-17(13)18-8-9-21-16-11-14(19-2)10-15(12-16)20-3/h4-7,10-12,18H,8-9H2,1-3H3. The van der Waals surface area contributed by atoms with Crippen LogP contribution in [0.2, 0.25) is 0 Å². The third-order valence-electron chi connectivity index (χ3n) is 3.16. The maximum atomic E-state index is 5.73. The molecule has 0 saturated heterocycles. The molecule has 2 aromatic carbocycles. The van der Waals surface area contributed by atoms with Crippen molar-refractivity contribution in [2.24, 2.45) is 0 Å². The molecule has 0 unspecified atom stereocenters. The normalized spacial score (nSPS) is 10.0. The van der Waals surface area contributed by atoms with Crippen LogP contribution in [0, 0.1) is 6.92 Å². The van der Waals surface area contributed by atoms with Crippen molar-refractivity contribution in [1.29, 1.82) is 0 Å². The molecule has 112 valence electrons. The quantitative estimate of drug-likeness (QED) is 0.791. The summed E-state index contributed by atoms with van der Waals surface area (Å²) < 4.78 is 16.2. The van der Waals surface area contributed by atoms with E-state index < -0.39 is 0 Å². The molecular formula is C17H21NO3. The Bertz CT molecular complexity index is 562. The molecule has 0 aromatic heterocycles. The first kappa shape index (κ1) is 15.0. The van der Waals surface area contributed by atoms with Crippen molar-refractivity contribution < 1.29 is 14.2 Å². The lowest BCUT2D eigenvalue weighted by atomic mass is 10.2. The molecular weight excluding hydrogens is 266 g/mol. The summed E-state index contributed by atoms with van der Waals surface area (Å²) in [5, 5.41) is 3.35. The second-order valence-corrected chi connectivity index (χ2v) is 4.64. The van der Waals surface area contributed by atoms with Gasteiger partial charge in [-0.1, -0.05) is 18.2 Å². The van der Waals surface area contributed by atoms with E-state index in [1.807, 2.05) is 30.3 Å². The number of methoxy groups -OCH3 is 2. The van der Waals surface area contributed by atoms with Crippen LogP contribution in [0.4, 0.5) is 5.69 Å². The van der Waals surface area contributed by atoms with Gasteiger partial charge in [0.05, 0.1) is 14.2 Å². The summed E-state index contributed by atoms with van der Waals surface area (Å²) in [6, 6.07) is 13.7. The Morgan fingerprint density at radius 2 is 1.52 bits per heavy atom. The molecule has 0 aliphatic rings. The molecule has 4 heteroatoms. The molecule has 0 heterocycles. The van der Waals surface area contributed by atoms with Gasteiger partial charge in [0.15, 0.2) is 0 Å². The number of nitrogens with one attached hydrogen (secondary N) is 1. The summed E-state index contributed by atoms with van der Waals surface area (Å²) in [6.07, 6.45) is 0. The molecule has 0 amide bonds. The van der Waals surface area contributed by atoms with E-state index in [4.69, 9.17) is 14.2 Å². The van der Waals surface area contributed by atoms with E-state index in [2.05, 4.69) is 24.4 Å². The van der Waals surface area contributed by atoms with Gasteiger partial charge in [0.2, 0.25) is 0 Å². The van der Waals surface area contributed by atoms with Gasteiger partial charge in [-0.15, -0.1) is 0 Å². The molecule has 21 heavy (non-hydrogen) atoms. The van der Waals surface area contributed by atoms with Gasteiger partial charge in [-0.3, -0.25) is 0 Å². The van der Waals surface area contributed by atoms with Crippen LogP contribution in [0.15, 0.2) is 42.5 Å². The van der Waals surface area contributed by atoms with Crippen molar-refractivity contribution in [1.82, 2.24) is 0 Å². The van der Waals surface area contributed by atoms with Gasteiger partial charge < -0.3 is 19.5 Å². The molecule has 2 rings (SSSR count). The molecule has 0 fully saturated rings. The maximum absolute atomic E-state index is 5.73. The van der Waals surface area contributed by atoms with Gasteiger partial charge in [0.1, 0.15) is 23.9 Å². The Labute approximate surface area is 125 Å². The molecule has 0 aliphatic heterocycles. The SMILES string of the molecule is COc1cc(OC)cc(OCCNc2ccccc2C)c1. The second kappa shape index (κ2) is 7.43. The largest absolute Gasteiger partial charge is 0.496 e. The first-order valence-electron chi connectivity index (χ1n) is 6.88. The Morgan fingerprint density at radius 1 is 0.905 bits per heavy atom. The smallest absolute Gasteiger partial charge is 0.126 e. The van der Waals surface area contributed by atoms with Crippen molar-refractivity contribution >= 4 is 5.69 Å². The average molecular weight is 287 g/mol. The number of hydrogen-bond donors (Lipinski definition) is 1. The predicted octanol–water partition coefficient (Wildman–Crippen LogP) is 3.50. The number of aryl methyl sites for hydroxylation is 1. The number of anilines is 1. The van der Waals surface area contributed by atoms with E-state index in [0.29, 0.717) is 6.61 Å². The Balaban J connectivity index is 1.87. The summed E-state index contributed by atoms with van der Waals surface area (Å²) in [7, 11) is 3.25. The topological polar surface area (TPSA) is 39.7 Å². The highest BCUT2D eigenvalue weighted by molar-refractivity contribution is 5.50. The Kier molecular flexibility index (Phi) is 5.32. The van der Waals surface area contributed by atoms with Crippen molar-refractivity contribution in [2.45, 2.75) is 6.92 Å². The van der Waals surface area contributed by atoms with Gasteiger partial charge >= 0.3 is 0 Å². The van der Waals surface area contributed by atoms with Crippen molar-refractivity contribution in [3.05, 3.63) is 48.0 Å². The average Bonchev–Trinajstić information content (AvgIpc) is 2.52. The van der Waals surface area contributed by atoms with Crippen molar-refractivity contribution in [3.8, 4) is 17.2 Å². The van der Waals surface area contributed by atoms with Crippen LogP contribution in [-0.2, 0) is 0 Å². The van der Waals surface area contributed by atoms with E-state index in [0.717, 1.165) is 29.5 Å². The van der Waals surface area contributed by atoms with Crippen LogP contribution < -0.4 is 19.5 Å². The van der Waals surface area contributed by atoms with E-state index in [1.165, 1.54) is 5.56 Å². The summed E-state index contributed by atoms with van der Waals surface area (Å²) in [5.41, 5.74) is 2.35. The molecule has 0 saturated carbocycles. The zero-order chi connectivity index (χ0) is 15.1. The van der Waals surface area contributed by atoms with Crippen LogP contribution in [-0.4, -0.2) is 27.4 Å². The molecule has 0 bridgehead atoms. The van der Waals surface area contributed by atoms with E-state index >= 15 is 0 Å². The minimum atomic E-state index is 0.560. The lowest BCUT2D eigenvalue weighted by molar-refractivity contribution is 0.324. The fourth-order valence-electron chi connectivity index (χ4n) is 1.99. The second-order valence-electron chi connectivity index (χ2n) is 4.64. The van der Waals surface area contributed by atoms with Crippen LogP contribution in [0.1, 0.15) is 5.56 Å². The van der Waals surface area contributed by atoms with E-state index in [1.54, 1.807) is 14.2 Å². The third-order valence-corrected chi connectivity index (χ3v) is 3.16. The van der Waals surface area contributed by atoms with Gasteiger partial charge in [0, 0.05) is 30.4 Å². The molecule has 2 aromatic rings. The molecule has 0 atom stereocenters. The number of ether oxygens (including phenoxy) is 3. The van der Waals surface area contributed by atoms with Crippen molar-refractivity contribution in [2.75, 3.05) is 32.7 Å². The number of rotatable bonds is 7. The summed E-state index contributed by atoms with van der Waals surface area (Å²) in [5.74, 6) is 2.17. The van der Waals surface area contributed by atoms with E-state index in [-0.39, 0.29) is 0 Å². The zero-order valence-electron chi connectivity index (χ0n) is 12.7. The van der Waals surface area contributed by atoms with Crippen LogP contribution >= 0.6 is 0 Å². The summed E-state index contributed by atoms with van der Waals surface area (Å²) in [4.78, 5) is 0. The maximum Gasteiger partial charge on any atom is 0.126 e. The highest BCUT2D eigenvalue weighted by Crippen LogP contribution is 2.27. The monoisotopic (exact) mass is 287 g/mol. The van der Waals surface area contributed by atoms with Gasteiger partial charge in [-0.05, 0) is 18.6 Å². The highest BCUT2D eigenvalue weighted by Gasteiger charge is 2.03. The lowest BCUT2D eigenvalue weighted by Gasteiger charge is -2.12. The highest BCUT2D eigenvalue weighted by atomic mass is 16.5. The number of para-hydroxylation sites is 1. The lowest BCUT2D eigenvalue weighted by Crippen LogP contribution is -2.12. The first-order valence-corrected chi connectivity index (χ1v) is 6.88. The van der Waals surface area contributed by atoms with Crippen LogP contribution in [0.3, 0.4) is 0 Å². The number of hydrogen-bond acceptors (Lipinski definition) is 4. The predicted molar refractivity (Wildman–Crippen MR) is 84.7 cm³/mol. The summed E-state index contributed by atoms with van der Waals surface area (Å²) >= 11 is 0. The molecule has 1 N–H and O–H groups in total. The number of benzene rings is 2. The Morgan fingerprint density at radius 3 is 2.14 bits per heavy atom. The summed E-state index contributed by atoms with van der Waals surface area (Å²) in [6.45, 7) is 3.37. The first-order chi connectivity index (χ1) is 10.2. The van der Waals surface area contributed by atoms with Crippen LogP contribution in [0.5, 0.6) is 17.2 Å². The fourth-order valence-corrected chi connectivity index (χ4v) is 1.99. The zero-order valence-corrected chi connectivity index (χ0v) is 12.7. The van der Waals surface area contributed by atoms with E-state index in [9.17, 15) is 0 Å².